The van der Waals surface area contributed by atoms with Gasteiger partial charge >= 0.3 is 6.18 Å². The number of amides is 4. The summed E-state index contributed by atoms with van der Waals surface area (Å²) >= 11 is 12.4. The Morgan fingerprint density at radius 2 is 1.64 bits per heavy atom. The van der Waals surface area contributed by atoms with E-state index in [0.717, 1.165) is 9.91 Å². The molecule has 47 heavy (non-hydrogen) atoms. The van der Waals surface area contributed by atoms with E-state index in [-0.39, 0.29) is 36.2 Å². The molecule has 2 saturated heterocycles. The summed E-state index contributed by atoms with van der Waals surface area (Å²) in [6.45, 7) is 0. The van der Waals surface area contributed by atoms with Crippen molar-refractivity contribution in [2.45, 2.75) is 30.4 Å². The molecule has 0 unspecified atom stereocenters. The lowest BCUT2D eigenvalue weighted by Gasteiger charge is -2.50. The summed E-state index contributed by atoms with van der Waals surface area (Å²) in [5.74, 6) is -6.44. The molecule has 14 heteroatoms. The number of phenols is 1. The van der Waals surface area contributed by atoms with Crippen LogP contribution in [-0.2, 0) is 30.8 Å². The monoisotopic (exact) mass is 684 g/mol. The molecule has 242 valence electrons. The SMILES string of the molecule is CN1C(=O)[C@H]2[C@H](CC=C3[C@H]2C[C@H]2C(=O)N(Nc4ncc(C(F)(F)F)cc4Cl)C(=O)[C@@]2(c2ccc(Cl)cc2)[C@H]3c2ccc(O)cc2)C1=O. The predicted octanol–water partition coefficient (Wildman–Crippen LogP) is 5.73. The number of halogens is 5. The van der Waals surface area contributed by atoms with Crippen LogP contribution in [0.1, 0.15) is 35.4 Å². The van der Waals surface area contributed by atoms with E-state index in [1.54, 1.807) is 36.4 Å². The molecule has 0 bridgehead atoms. The number of nitrogens with zero attached hydrogens (tertiary/aromatic N) is 3. The van der Waals surface area contributed by atoms with E-state index in [1.807, 2.05) is 6.08 Å². The number of rotatable bonds is 4. The van der Waals surface area contributed by atoms with Gasteiger partial charge in [-0.05, 0) is 60.2 Å². The van der Waals surface area contributed by atoms with Crippen LogP contribution in [0.15, 0.2) is 72.4 Å². The first-order chi connectivity index (χ1) is 22.2. The fraction of sp³-hybridized carbons (Fsp3) is 0.303. The molecule has 1 aromatic heterocycles. The second-order valence-electron chi connectivity index (χ2n) is 12.2. The minimum atomic E-state index is -4.73. The fourth-order valence-electron chi connectivity index (χ4n) is 7.98. The third-order valence-electron chi connectivity index (χ3n) is 10.0. The summed E-state index contributed by atoms with van der Waals surface area (Å²) in [4.78, 5) is 60.9. The number of anilines is 1. The number of likely N-dealkylation sites (tertiary alicyclic amines) is 1. The zero-order valence-electron chi connectivity index (χ0n) is 24.5. The van der Waals surface area contributed by atoms with Crippen LogP contribution < -0.4 is 5.43 Å². The molecular weight excluding hydrogens is 660 g/mol. The Bertz CT molecular complexity index is 1880. The summed E-state index contributed by atoms with van der Waals surface area (Å²) in [5.41, 5.74) is 1.54. The van der Waals surface area contributed by atoms with Crippen molar-refractivity contribution in [3.05, 3.63) is 99.2 Å². The van der Waals surface area contributed by atoms with Crippen molar-refractivity contribution in [3.8, 4) is 5.75 Å². The summed E-state index contributed by atoms with van der Waals surface area (Å²) in [7, 11) is 1.43. The lowest BCUT2D eigenvalue weighted by atomic mass is 9.49. The van der Waals surface area contributed by atoms with Crippen LogP contribution in [0.2, 0.25) is 10.0 Å². The molecule has 2 aliphatic carbocycles. The molecule has 1 saturated carbocycles. The highest BCUT2D eigenvalue weighted by atomic mass is 35.5. The van der Waals surface area contributed by atoms with Crippen LogP contribution in [0.25, 0.3) is 0 Å². The highest BCUT2D eigenvalue weighted by Gasteiger charge is 2.70. The normalized spacial score (nSPS) is 28.6. The molecule has 9 nitrogen and oxygen atoms in total. The van der Waals surface area contributed by atoms with E-state index < -0.39 is 63.6 Å². The molecule has 0 radical (unpaired) electrons. The van der Waals surface area contributed by atoms with Crippen LogP contribution in [0, 0.1) is 23.7 Å². The van der Waals surface area contributed by atoms with Crippen LogP contribution in [0.4, 0.5) is 19.0 Å². The standard InChI is InChI=1S/C33H25Cl2F3N4O5/c1-41-28(44)21-11-10-20-22(25(21)30(41)46)13-23-29(45)42(40-27-24(35)12-17(14-39-27)33(36,37)38)31(47)32(23,16-4-6-18(34)7-5-16)26(20)15-2-8-19(43)9-3-15/h2-10,12,14,21-23,25-26,43H,11,13H2,1H3,(H,39,40)/t21-,22+,23-,25-,26-,32+/m0/s1. The van der Waals surface area contributed by atoms with Gasteiger partial charge in [-0.15, -0.1) is 0 Å². The molecule has 3 heterocycles. The zero-order chi connectivity index (χ0) is 33.6. The summed E-state index contributed by atoms with van der Waals surface area (Å²) in [6.07, 6.45) is -2.04. The molecule has 2 N–H and O–H groups in total. The number of aromatic hydroxyl groups is 1. The molecule has 7 rings (SSSR count). The quantitative estimate of drug-likeness (QED) is 0.266. The highest BCUT2D eigenvalue weighted by Crippen LogP contribution is 2.64. The Hall–Kier alpha value is -4.42. The van der Waals surface area contributed by atoms with Gasteiger partial charge in [-0.2, -0.15) is 18.2 Å². The first-order valence-electron chi connectivity index (χ1n) is 14.7. The number of benzene rings is 2. The second-order valence-corrected chi connectivity index (χ2v) is 13.1. The Labute approximate surface area is 275 Å². The van der Waals surface area contributed by atoms with Crippen molar-refractivity contribution >= 4 is 52.6 Å². The Morgan fingerprint density at radius 1 is 0.957 bits per heavy atom. The smallest absolute Gasteiger partial charge is 0.417 e. The molecule has 4 amide bonds. The van der Waals surface area contributed by atoms with Gasteiger partial charge in [0.25, 0.3) is 11.8 Å². The maximum absolute atomic E-state index is 15.0. The van der Waals surface area contributed by atoms with Gasteiger partial charge in [0.05, 0.1) is 33.8 Å². The number of allylic oxidation sites excluding steroid dienone is 2. The van der Waals surface area contributed by atoms with Crippen LogP contribution in [-0.4, -0.2) is 50.7 Å². The summed E-state index contributed by atoms with van der Waals surface area (Å²) in [5, 5.41) is 10.8. The van der Waals surface area contributed by atoms with Crippen molar-refractivity contribution in [1.29, 1.82) is 0 Å². The molecule has 3 aromatic rings. The summed E-state index contributed by atoms with van der Waals surface area (Å²) in [6, 6.07) is 13.3. The number of hydrogen-bond acceptors (Lipinski definition) is 7. The van der Waals surface area contributed by atoms with Crippen molar-refractivity contribution < 1.29 is 37.5 Å². The third-order valence-corrected chi connectivity index (χ3v) is 10.5. The third kappa shape index (κ3) is 4.56. The Balaban J connectivity index is 1.43. The van der Waals surface area contributed by atoms with E-state index in [0.29, 0.717) is 34.0 Å². The van der Waals surface area contributed by atoms with Crippen molar-refractivity contribution in [1.82, 2.24) is 14.9 Å². The van der Waals surface area contributed by atoms with Gasteiger partial charge in [0.1, 0.15) is 5.75 Å². The van der Waals surface area contributed by atoms with Crippen LogP contribution in [0.3, 0.4) is 0 Å². The number of carbonyl (C=O) groups is 4. The molecule has 0 spiro atoms. The number of aromatic nitrogens is 1. The van der Waals surface area contributed by atoms with E-state index in [2.05, 4.69) is 10.4 Å². The number of alkyl halides is 3. The maximum Gasteiger partial charge on any atom is 0.417 e. The second kappa shape index (κ2) is 10.8. The van der Waals surface area contributed by atoms with Crippen molar-refractivity contribution in [2.75, 3.05) is 12.5 Å². The number of fused-ring (bicyclic) bond motifs is 4. The molecule has 3 fully saturated rings. The molecule has 2 aliphatic heterocycles. The number of pyridine rings is 1. The van der Waals surface area contributed by atoms with Gasteiger partial charge in [0, 0.05) is 24.2 Å². The number of carbonyl (C=O) groups excluding carboxylic acids is 4. The number of phenolic OH excluding ortho intramolecular Hbond substituents is 1. The van der Waals surface area contributed by atoms with Gasteiger partial charge < -0.3 is 5.11 Å². The van der Waals surface area contributed by atoms with Crippen LogP contribution >= 0.6 is 23.2 Å². The molecule has 4 aliphatic rings. The number of imide groups is 2. The first-order valence-corrected chi connectivity index (χ1v) is 15.4. The fourth-order valence-corrected chi connectivity index (χ4v) is 8.32. The highest BCUT2D eigenvalue weighted by molar-refractivity contribution is 6.33. The molecule has 6 atom stereocenters. The Kier molecular flexibility index (Phi) is 7.18. The van der Waals surface area contributed by atoms with Gasteiger partial charge in [-0.25, -0.2) is 4.98 Å². The predicted molar refractivity (Wildman–Crippen MR) is 163 cm³/mol. The first kappa shape index (κ1) is 31.2. The van der Waals surface area contributed by atoms with Gasteiger partial charge in [0.2, 0.25) is 11.8 Å². The topological polar surface area (TPSA) is 120 Å². The van der Waals surface area contributed by atoms with Crippen molar-refractivity contribution in [2.24, 2.45) is 23.7 Å². The lowest BCUT2D eigenvalue weighted by Crippen LogP contribution is -2.53. The largest absolute Gasteiger partial charge is 0.508 e. The van der Waals surface area contributed by atoms with E-state index in [4.69, 9.17) is 23.2 Å². The lowest BCUT2D eigenvalue weighted by molar-refractivity contribution is -0.140. The number of hydrogen-bond donors (Lipinski definition) is 2. The number of nitrogens with one attached hydrogen (secondary N) is 1. The average Bonchev–Trinajstić information content (AvgIpc) is 3.38. The van der Waals surface area contributed by atoms with E-state index in [1.165, 1.54) is 19.2 Å². The van der Waals surface area contributed by atoms with Crippen molar-refractivity contribution in [3.63, 3.8) is 0 Å². The summed E-state index contributed by atoms with van der Waals surface area (Å²) < 4.78 is 40.0. The van der Waals surface area contributed by atoms with Crippen LogP contribution in [0.5, 0.6) is 5.75 Å². The van der Waals surface area contributed by atoms with E-state index >= 15 is 0 Å². The number of hydrazine groups is 1. The van der Waals surface area contributed by atoms with Gasteiger partial charge in [0.15, 0.2) is 5.82 Å². The molecule has 2 aromatic carbocycles. The molecular formula is C33H25Cl2F3N4O5. The zero-order valence-corrected chi connectivity index (χ0v) is 26.0. The van der Waals surface area contributed by atoms with E-state index in [9.17, 15) is 37.5 Å². The van der Waals surface area contributed by atoms with Gasteiger partial charge in [-0.1, -0.05) is 59.1 Å². The Morgan fingerprint density at radius 3 is 2.28 bits per heavy atom. The minimum absolute atomic E-state index is 0.0218. The maximum atomic E-state index is 15.0. The minimum Gasteiger partial charge on any atom is -0.508 e. The van der Waals surface area contributed by atoms with Gasteiger partial charge in [-0.3, -0.25) is 29.5 Å². The average molecular weight is 685 g/mol.